The molecule has 0 aliphatic rings. The number of anilines is 1. The van der Waals surface area contributed by atoms with Crippen molar-refractivity contribution in [2.45, 2.75) is 0 Å². The topological polar surface area (TPSA) is 76.2 Å². The molecule has 0 bridgehead atoms. The Hall–Kier alpha value is -1.88. The molecule has 5 heteroatoms. The smallest absolute Gasteiger partial charge is 0.345 e. The standard InChI is InChI=1S/C10H8N2O2S/c11-7-5-12-4-3-6(7)8-1-2-9(15-8)10(13)14/h1-5H,11H2,(H,13,14). The van der Waals surface area contributed by atoms with E-state index in [9.17, 15) is 4.79 Å². The molecule has 2 heterocycles. The Labute approximate surface area is 90.0 Å². The Bertz CT molecular complexity index is 508. The van der Waals surface area contributed by atoms with Gasteiger partial charge in [-0.3, -0.25) is 4.98 Å². The molecule has 0 aliphatic carbocycles. The first-order valence-electron chi connectivity index (χ1n) is 4.21. The first-order chi connectivity index (χ1) is 7.18. The molecule has 0 spiro atoms. The van der Waals surface area contributed by atoms with Crippen molar-refractivity contribution >= 4 is 23.0 Å². The summed E-state index contributed by atoms with van der Waals surface area (Å²) in [7, 11) is 0. The highest BCUT2D eigenvalue weighted by molar-refractivity contribution is 7.17. The van der Waals surface area contributed by atoms with Gasteiger partial charge < -0.3 is 10.8 Å². The van der Waals surface area contributed by atoms with Crippen LogP contribution >= 0.6 is 11.3 Å². The maximum absolute atomic E-state index is 10.7. The molecule has 2 rings (SSSR count). The predicted octanol–water partition coefficient (Wildman–Crippen LogP) is 2.09. The zero-order valence-corrected chi connectivity index (χ0v) is 8.49. The van der Waals surface area contributed by atoms with E-state index in [4.69, 9.17) is 10.8 Å². The molecule has 2 aromatic rings. The summed E-state index contributed by atoms with van der Waals surface area (Å²) in [6, 6.07) is 5.09. The van der Waals surface area contributed by atoms with E-state index in [1.54, 1.807) is 30.6 Å². The maximum Gasteiger partial charge on any atom is 0.345 e. The van der Waals surface area contributed by atoms with Gasteiger partial charge in [-0.25, -0.2) is 4.79 Å². The van der Waals surface area contributed by atoms with E-state index in [-0.39, 0.29) is 0 Å². The molecule has 3 N–H and O–H groups in total. The van der Waals surface area contributed by atoms with E-state index in [1.807, 2.05) is 0 Å². The van der Waals surface area contributed by atoms with Crippen LogP contribution in [-0.2, 0) is 0 Å². The summed E-state index contributed by atoms with van der Waals surface area (Å²) < 4.78 is 0. The molecule has 0 unspecified atom stereocenters. The maximum atomic E-state index is 10.7. The third kappa shape index (κ3) is 1.82. The van der Waals surface area contributed by atoms with E-state index < -0.39 is 5.97 Å². The van der Waals surface area contributed by atoms with Crippen molar-refractivity contribution in [3.63, 3.8) is 0 Å². The summed E-state index contributed by atoms with van der Waals surface area (Å²) in [4.78, 5) is 15.7. The highest BCUT2D eigenvalue weighted by atomic mass is 32.1. The largest absolute Gasteiger partial charge is 0.477 e. The van der Waals surface area contributed by atoms with Gasteiger partial charge in [0.1, 0.15) is 4.88 Å². The number of carboxylic acids is 1. The van der Waals surface area contributed by atoms with Gasteiger partial charge in [0, 0.05) is 16.6 Å². The van der Waals surface area contributed by atoms with E-state index >= 15 is 0 Å². The normalized spacial score (nSPS) is 10.1. The molecular formula is C10H8N2O2S. The number of nitrogen functional groups attached to an aromatic ring is 1. The Morgan fingerprint density at radius 1 is 1.40 bits per heavy atom. The lowest BCUT2D eigenvalue weighted by molar-refractivity contribution is 0.0702. The number of pyridine rings is 1. The first kappa shape index (κ1) is 9.67. The molecule has 4 nitrogen and oxygen atoms in total. The number of carboxylic acid groups (broad SMARTS) is 1. The molecule has 0 atom stereocenters. The molecule has 0 saturated carbocycles. The van der Waals surface area contributed by atoms with Gasteiger partial charge in [-0.1, -0.05) is 0 Å². The van der Waals surface area contributed by atoms with Crippen LogP contribution in [-0.4, -0.2) is 16.1 Å². The second kappa shape index (κ2) is 3.70. The van der Waals surface area contributed by atoms with E-state index in [0.717, 1.165) is 10.4 Å². The number of nitrogens with zero attached hydrogens (tertiary/aromatic N) is 1. The van der Waals surface area contributed by atoms with Crippen LogP contribution < -0.4 is 5.73 Å². The molecule has 0 radical (unpaired) electrons. The van der Waals surface area contributed by atoms with E-state index in [0.29, 0.717) is 10.6 Å². The van der Waals surface area contributed by atoms with Crippen LogP contribution in [0.4, 0.5) is 5.69 Å². The van der Waals surface area contributed by atoms with Gasteiger partial charge in [-0.2, -0.15) is 0 Å². The van der Waals surface area contributed by atoms with Crippen LogP contribution in [0.2, 0.25) is 0 Å². The molecule has 0 amide bonds. The number of hydrogen-bond donors (Lipinski definition) is 2. The Balaban J connectivity index is 2.46. The predicted molar refractivity (Wildman–Crippen MR) is 58.9 cm³/mol. The number of nitrogens with two attached hydrogens (primary N) is 1. The van der Waals surface area contributed by atoms with Crippen molar-refractivity contribution < 1.29 is 9.90 Å². The fourth-order valence-corrected chi connectivity index (χ4v) is 2.12. The molecule has 76 valence electrons. The van der Waals surface area contributed by atoms with Crippen molar-refractivity contribution in [3.05, 3.63) is 35.5 Å². The van der Waals surface area contributed by atoms with Gasteiger partial charge in [-0.15, -0.1) is 11.3 Å². The summed E-state index contributed by atoms with van der Waals surface area (Å²) in [6.45, 7) is 0. The average Bonchev–Trinajstić information content (AvgIpc) is 2.67. The van der Waals surface area contributed by atoms with Crippen LogP contribution in [0.25, 0.3) is 10.4 Å². The molecular weight excluding hydrogens is 212 g/mol. The van der Waals surface area contributed by atoms with E-state index in [2.05, 4.69) is 4.98 Å². The number of hydrogen-bond acceptors (Lipinski definition) is 4. The van der Waals surface area contributed by atoms with Gasteiger partial charge >= 0.3 is 5.97 Å². The van der Waals surface area contributed by atoms with Crippen LogP contribution in [0.15, 0.2) is 30.6 Å². The van der Waals surface area contributed by atoms with Gasteiger partial charge in [-0.05, 0) is 18.2 Å². The summed E-state index contributed by atoms with van der Waals surface area (Å²) in [5.41, 5.74) is 7.11. The zero-order chi connectivity index (χ0) is 10.8. The average molecular weight is 220 g/mol. The molecule has 0 fully saturated rings. The van der Waals surface area contributed by atoms with Crippen LogP contribution in [0.1, 0.15) is 9.67 Å². The lowest BCUT2D eigenvalue weighted by atomic mass is 10.2. The Kier molecular flexibility index (Phi) is 2.39. The second-order valence-corrected chi connectivity index (χ2v) is 4.02. The van der Waals surface area contributed by atoms with Crippen LogP contribution in [0, 0.1) is 0 Å². The third-order valence-electron chi connectivity index (χ3n) is 1.93. The highest BCUT2D eigenvalue weighted by Gasteiger charge is 2.09. The second-order valence-electron chi connectivity index (χ2n) is 2.93. The SMILES string of the molecule is Nc1cnccc1-c1ccc(C(=O)O)s1. The van der Waals surface area contributed by atoms with Crippen LogP contribution in [0.5, 0.6) is 0 Å². The van der Waals surface area contributed by atoms with Gasteiger partial charge in [0.2, 0.25) is 0 Å². The Morgan fingerprint density at radius 2 is 2.20 bits per heavy atom. The molecule has 15 heavy (non-hydrogen) atoms. The first-order valence-corrected chi connectivity index (χ1v) is 5.03. The molecule has 0 aliphatic heterocycles. The summed E-state index contributed by atoms with van der Waals surface area (Å²) in [5.74, 6) is -0.918. The number of rotatable bonds is 2. The van der Waals surface area contributed by atoms with Crippen molar-refractivity contribution in [1.82, 2.24) is 4.98 Å². The van der Waals surface area contributed by atoms with E-state index in [1.165, 1.54) is 11.3 Å². The summed E-state index contributed by atoms with van der Waals surface area (Å²) >= 11 is 1.20. The number of aromatic carboxylic acids is 1. The highest BCUT2D eigenvalue weighted by Crippen LogP contribution is 2.31. The van der Waals surface area contributed by atoms with Crippen molar-refractivity contribution in [3.8, 4) is 10.4 Å². The lowest BCUT2D eigenvalue weighted by Gasteiger charge is -2.00. The third-order valence-corrected chi connectivity index (χ3v) is 3.04. The fourth-order valence-electron chi connectivity index (χ4n) is 1.23. The van der Waals surface area contributed by atoms with Gasteiger partial charge in [0.25, 0.3) is 0 Å². The monoisotopic (exact) mass is 220 g/mol. The quantitative estimate of drug-likeness (QED) is 0.812. The molecule has 2 aromatic heterocycles. The summed E-state index contributed by atoms with van der Waals surface area (Å²) in [5, 5.41) is 8.78. The van der Waals surface area contributed by atoms with Gasteiger partial charge in [0.15, 0.2) is 0 Å². The number of carbonyl (C=O) groups is 1. The van der Waals surface area contributed by atoms with Crippen molar-refractivity contribution in [2.75, 3.05) is 5.73 Å². The molecule has 0 saturated heterocycles. The fraction of sp³-hybridized carbons (Fsp3) is 0. The minimum atomic E-state index is -0.918. The number of aromatic nitrogens is 1. The lowest BCUT2D eigenvalue weighted by Crippen LogP contribution is -1.90. The minimum absolute atomic E-state index is 0.307. The zero-order valence-electron chi connectivity index (χ0n) is 7.68. The van der Waals surface area contributed by atoms with Gasteiger partial charge in [0.05, 0.1) is 11.9 Å². The summed E-state index contributed by atoms with van der Waals surface area (Å²) in [6.07, 6.45) is 3.18. The van der Waals surface area contributed by atoms with Crippen molar-refractivity contribution in [2.24, 2.45) is 0 Å². The van der Waals surface area contributed by atoms with Crippen LogP contribution in [0.3, 0.4) is 0 Å². The minimum Gasteiger partial charge on any atom is -0.477 e. The van der Waals surface area contributed by atoms with Crippen molar-refractivity contribution in [1.29, 1.82) is 0 Å². The Morgan fingerprint density at radius 3 is 2.80 bits per heavy atom. The number of thiophene rings is 1. The molecule has 0 aromatic carbocycles.